The Bertz CT molecular complexity index is 458. The Morgan fingerprint density at radius 1 is 1.72 bits per heavy atom. The van der Waals surface area contributed by atoms with Gasteiger partial charge in [0.15, 0.2) is 10.9 Å². The fourth-order valence-corrected chi connectivity index (χ4v) is 2.54. The number of rotatable bonds is 3. The molecule has 7 heteroatoms. The van der Waals surface area contributed by atoms with Crippen LogP contribution in [0.5, 0.6) is 0 Å². The van der Waals surface area contributed by atoms with Crippen LogP contribution in [-0.4, -0.2) is 51.3 Å². The lowest BCUT2D eigenvalue weighted by Gasteiger charge is -2.22. The average molecular weight is 288 g/mol. The molecule has 1 aliphatic rings. The Hall–Kier alpha value is -0.850. The summed E-state index contributed by atoms with van der Waals surface area (Å²) in [5.74, 6) is -0.228. The van der Waals surface area contributed by atoms with Crippen LogP contribution in [0.1, 0.15) is 23.3 Å². The number of amides is 1. The maximum absolute atomic E-state index is 12.3. The van der Waals surface area contributed by atoms with E-state index in [9.17, 15) is 9.90 Å². The number of carbonyl (C=O) groups excluding carboxylic acids is 1. The van der Waals surface area contributed by atoms with Gasteiger partial charge in [0.25, 0.3) is 5.91 Å². The molecule has 1 aliphatic heterocycles. The first-order valence-electron chi connectivity index (χ1n) is 5.65. The van der Waals surface area contributed by atoms with Crippen molar-refractivity contribution >= 4 is 29.3 Å². The first-order valence-corrected chi connectivity index (χ1v) is 7.26. The van der Waals surface area contributed by atoms with Crippen LogP contribution in [-0.2, 0) is 0 Å². The van der Waals surface area contributed by atoms with E-state index in [1.807, 2.05) is 6.26 Å². The minimum Gasteiger partial charge on any atom is -0.394 e. The van der Waals surface area contributed by atoms with Crippen LogP contribution in [0.3, 0.4) is 0 Å². The second kappa shape index (κ2) is 5.86. The van der Waals surface area contributed by atoms with Crippen molar-refractivity contribution in [2.45, 2.75) is 24.0 Å². The van der Waals surface area contributed by atoms with Crippen molar-refractivity contribution in [3.05, 3.63) is 16.9 Å². The van der Waals surface area contributed by atoms with Crippen LogP contribution in [0.25, 0.3) is 0 Å². The summed E-state index contributed by atoms with van der Waals surface area (Å²) in [4.78, 5) is 22.1. The second-order valence-corrected chi connectivity index (χ2v) is 5.21. The van der Waals surface area contributed by atoms with Gasteiger partial charge in [0, 0.05) is 6.54 Å². The highest BCUT2D eigenvalue weighted by Crippen LogP contribution is 2.23. The number of hydrogen-bond donors (Lipinski definition) is 1. The van der Waals surface area contributed by atoms with Gasteiger partial charge in [-0.05, 0) is 19.1 Å². The van der Waals surface area contributed by atoms with Gasteiger partial charge < -0.3 is 10.0 Å². The molecule has 1 aromatic rings. The number of aliphatic hydroxyl groups is 1. The molecule has 0 aromatic carbocycles. The molecule has 1 amide bonds. The normalized spacial score (nSPS) is 19.3. The number of likely N-dealkylation sites (tertiary alicyclic amines) is 1. The number of hydrogen-bond acceptors (Lipinski definition) is 5. The molecule has 1 atom stereocenters. The van der Waals surface area contributed by atoms with E-state index < -0.39 is 0 Å². The fourth-order valence-electron chi connectivity index (χ4n) is 2.03. The Morgan fingerprint density at radius 3 is 3.17 bits per heavy atom. The summed E-state index contributed by atoms with van der Waals surface area (Å²) in [5, 5.41) is 10.0. The number of nitrogens with zero attached hydrogens (tertiary/aromatic N) is 3. The van der Waals surface area contributed by atoms with Gasteiger partial charge in [-0.15, -0.1) is 0 Å². The summed E-state index contributed by atoms with van der Waals surface area (Å²) in [6.45, 7) is 0.614. The standard InChI is InChI=1S/C11H14ClN3O2S/c1-18-11-13-5-8(12)9(14-11)10(17)15-4-2-3-7(15)6-16/h5,7,16H,2-4,6H2,1H3/t7-/m1/s1. The van der Waals surface area contributed by atoms with E-state index in [-0.39, 0.29) is 29.3 Å². The molecule has 1 N–H and O–H groups in total. The van der Waals surface area contributed by atoms with E-state index in [2.05, 4.69) is 9.97 Å². The summed E-state index contributed by atoms with van der Waals surface area (Å²) in [5.41, 5.74) is 0.219. The van der Waals surface area contributed by atoms with Crippen molar-refractivity contribution in [2.75, 3.05) is 19.4 Å². The fraction of sp³-hybridized carbons (Fsp3) is 0.545. The molecular weight excluding hydrogens is 274 g/mol. The molecule has 0 spiro atoms. The molecule has 1 fully saturated rings. The van der Waals surface area contributed by atoms with Crippen molar-refractivity contribution in [3.63, 3.8) is 0 Å². The Labute approximate surface area is 115 Å². The Morgan fingerprint density at radius 2 is 2.50 bits per heavy atom. The van der Waals surface area contributed by atoms with Gasteiger partial charge >= 0.3 is 0 Å². The van der Waals surface area contributed by atoms with Crippen LogP contribution in [0.4, 0.5) is 0 Å². The van der Waals surface area contributed by atoms with Gasteiger partial charge in [0.1, 0.15) is 0 Å². The zero-order valence-corrected chi connectivity index (χ0v) is 11.5. The zero-order chi connectivity index (χ0) is 13.1. The monoisotopic (exact) mass is 287 g/mol. The van der Waals surface area contributed by atoms with Crippen LogP contribution in [0, 0.1) is 0 Å². The van der Waals surface area contributed by atoms with Crippen molar-refractivity contribution in [1.29, 1.82) is 0 Å². The quantitative estimate of drug-likeness (QED) is 0.673. The predicted molar refractivity (Wildman–Crippen MR) is 70.0 cm³/mol. The number of carbonyl (C=O) groups is 1. The van der Waals surface area contributed by atoms with Crippen LogP contribution < -0.4 is 0 Å². The lowest BCUT2D eigenvalue weighted by molar-refractivity contribution is 0.0671. The maximum atomic E-state index is 12.3. The van der Waals surface area contributed by atoms with Crippen molar-refractivity contribution < 1.29 is 9.90 Å². The number of thioether (sulfide) groups is 1. The van der Waals surface area contributed by atoms with E-state index in [4.69, 9.17) is 11.6 Å². The smallest absolute Gasteiger partial charge is 0.274 e. The number of aliphatic hydroxyl groups excluding tert-OH is 1. The molecule has 0 saturated carbocycles. The van der Waals surface area contributed by atoms with Crippen molar-refractivity contribution in [3.8, 4) is 0 Å². The molecule has 0 bridgehead atoms. The van der Waals surface area contributed by atoms with E-state index in [0.29, 0.717) is 11.7 Å². The first kappa shape index (κ1) is 13.6. The first-order chi connectivity index (χ1) is 8.67. The second-order valence-electron chi connectivity index (χ2n) is 4.03. The molecule has 0 radical (unpaired) electrons. The van der Waals surface area contributed by atoms with Crippen LogP contribution in [0.2, 0.25) is 5.02 Å². The predicted octanol–water partition coefficient (Wildman–Crippen LogP) is 1.45. The largest absolute Gasteiger partial charge is 0.394 e. The van der Waals surface area contributed by atoms with Gasteiger partial charge in [-0.2, -0.15) is 0 Å². The van der Waals surface area contributed by atoms with Gasteiger partial charge in [0.05, 0.1) is 23.9 Å². The van der Waals surface area contributed by atoms with E-state index in [1.165, 1.54) is 18.0 Å². The third-order valence-electron chi connectivity index (χ3n) is 2.96. The summed E-state index contributed by atoms with van der Waals surface area (Å²) in [7, 11) is 0. The van der Waals surface area contributed by atoms with Crippen molar-refractivity contribution in [1.82, 2.24) is 14.9 Å². The van der Waals surface area contributed by atoms with Crippen molar-refractivity contribution in [2.24, 2.45) is 0 Å². The zero-order valence-electron chi connectivity index (χ0n) is 9.97. The molecule has 0 aliphatic carbocycles. The third kappa shape index (κ3) is 2.60. The number of halogens is 1. The van der Waals surface area contributed by atoms with Gasteiger partial charge in [-0.3, -0.25) is 4.79 Å². The average Bonchev–Trinajstić information content (AvgIpc) is 2.86. The molecule has 1 aromatic heterocycles. The van der Waals surface area contributed by atoms with Gasteiger partial charge in [-0.1, -0.05) is 23.4 Å². The minimum atomic E-state index is -0.228. The number of aromatic nitrogens is 2. The molecule has 0 unspecified atom stereocenters. The Kier molecular flexibility index (Phi) is 4.42. The lowest BCUT2D eigenvalue weighted by Crippen LogP contribution is -2.38. The summed E-state index contributed by atoms with van der Waals surface area (Å²) in [6, 6.07) is -0.124. The minimum absolute atomic E-state index is 0.0240. The SMILES string of the molecule is CSc1ncc(Cl)c(C(=O)N2CCC[C@@H]2CO)n1. The van der Waals surface area contributed by atoms with E-state index in [0.717, 1.165) is 12.8 Å². The molecule has 2 rings (SSSR count). The molecular formula is C11H14ClN3O2S. The molecule has 1 saturated heterocycles. The van der Waals surface area contributed by atoms with Crippen LogP contribution >= 0.6 is 23.4 Å². The van der Waals surface area contributed by atoms with Gasteiger partial charge in [-0.25, -0.2) is 9.97 Å². The highest BCUT2D eigenvalue weighted by Gasteiger charge is 2.30. The molecule has 5 nitrogen and oxygen atoms in total. The van der Waals surface area contributed by atoms with E-state index >= 15 is 0 Å². The highest BCUT2D eigenvalue weighted by molar-refractivity contribution is 7.98. The van der Waals surface area contributed by atoms with Gasteiger partial charge in [0.2, 0.25) is 0 Å². The summed E-state index contributed by atoms with van der Waals surface area (Å²) < 4.78 is 0. The third-order valence-corrected chi connectivity index (χ3v) is 3.79. The lowest BCUT2D eigenvalue weighted by atomic mass is 10.2. The summed E-state index contributed by atoms with van der Waals surface area (Å²) >= 11 is 7.33. The maximum Gasteiger partial charge on any atom is 0.274 e. The highest BCUT2D eigenvalue weighted by atomic mass is 35.5. The van der Waals surface area contributed by atoms with Crippen LogP contribution in [0.15, 0.2) is 11.4 Å². The molecule has 98 valence electrons. The summed E-state index contributed by atoms with van der Waals surface area (Å²) in [6.07, 6.45) is 5.00. The molecule has 18 heavy (non-hydrogen) atoms. The Balaban J connectivity index is 2.27. The topological polar surface area (TPSA) is 66.3 Å². The molecule has 2 heterocycles. The van der Waals surface area contributed by atoms with E-state index in [1.54, 1.807) is 4.90 Å².